The molecule has 0 aliphatic carbocycles. The van der Waals surface area contributed by atoms with E-state index in [4.69, 9.17) is 9.47 Å². The minimum atomic E-state index is 0.650. The van der Waals surface area contributed by atoms with Crippen LogP contribution in [0.4, 0.5) is 0 Å². The summed E-state index contributed by atoms with van der Waals surface area (Å²) in [7, 11) is 1.70. The Labute approximate surface area is 81.1 Å². The molecule has 0 unspecified atom stereocenters. The van der Waals surface area contributed by atoms with Crippen molar-refractivity contribution >= 4 is 0 Å². The minimum Gasteiger partial charge on any atom is -0.385 e. The Morgan fingerprint density at radius 3 is 2.77 bits per heavy atom. The van der Waals surface area contributed by atoms with E-state index < -0.39 is 0 Å². The highest BCUT2D eigenvalue weighted by molar-refractivity contribution is 4.96. The van der Waals surface area contributed by atoms with Gasteiger partial charge in [-0.2, -0.15) is 0 Å². The van der Waals surface area contributed by atoms with Crippen LogP contribution in [0.15, 0.2) is 12.2 Å². The summed E-state index contributed by atoms with van der Waals surface area (Å²) in [6.07, 6.45) is 0.949. The van der Waals surface area contributed by atoms with Crippen LogP contribution >= 0.6 is 0 Å². The normalized spacial score (nSPS) is 10.3. The number of nitrogens with one attached hydrogen (secondary N) is 1. The summed E-state index contributed by atoms with van der Waals surface area (Å²) in [5.74, 6) is 0. The van der Waals surface area contributed by atoms with Gasteiger partial charge in [-0.3, -0.25) is 0 Å². The molecular weight excluding hydrogens is 166 g/mol. The topological polar surface area (TPSA) is 30.5 Å². The van der Waals surface area contributed by atoms with Gasteiger partial charge in [0, 0.05) is 26.9 Å². The maximum atomic E-state index is 5.38. The molecular formula is C10H21NO2. The molecule has 0 saturated heterocycles. The van der Waals surface area contributed by atoms with Gasteiger partial charge in [0.05, 0.1) is 6.61 Å². The molecule has 3 heteroatoms. The lowest BCUT2D eigenvalue weighted by Gasteiger charge is -2.07. The summed E-state index contributed by atoms with van der Waals surface area (Å²) in [6, 6.07) is 0. The standard InChI is InChI=1S/C10H21NO2/c1-4-11-8-10(2)9-13-7-5-6-12-3/h11H,2,4-9H2,1,3H3. The number of methoxy groups -OCH3 is 1. The van der Waals surface area contributed by atoms with Gasteiger partial charge in [0.1, 0.15) is 0 Å². The van der Waals surface area contributed by atoms with Crippen molar-refractivity contribution in [2.24, 2.45) is 0 Å². The smallest absolute Gasteiger partial charge is 0.0686 e. The van der Waals surface area contributed by atoms with Gasteiger partial charge >= 0.3 is 0 Å². The second-order valence-electron chi connectivity index (χ2n) is 2.93. The van der Waals surface area contributed by atoms with E-state index in [-0.39, 0.29) is 0 Å². The van der Waals surface area contributed by atoms with Gasteiger partial charge in [0.25, 0.3) is 0 Å². The first-order valence-electron chi connectivity index (χ1n) is 4.75. The first kappa shape index (κ1) is 12.6. The van der Waals surface area contributed by atoms with Crippen LogP contribution in [0, 0.1) is 0 Å². The van der Waals surface area contributed by atoms with Gasteiger partial charge in [-0.1, -0.05) is 13.5 Å². The van der Waals surface area contributed by atoms with Crippen LogP contribution in [-0.2, 0) is 9.47 Å². The van der Waals surface area contributed by atoms with Crippen LogP contribution in [0.5, 0.6) is 0 Å². The van der Waals surface area contributed by atoms with Crippen LogP contribution in [-0.4, -0.2) is 40.0 Å². The summed E-state index contributed by atoms with van der Waals surface area (Å²) in [5, 5.41) is 3.20. The Kier molecular flexibility index (Phi) is 9.42. The highest BCUT2D eigenvalue weighted by Gasteiger charge is 1.93. The minimum absolute atomic E-state index is 0.650. The highest BCUT2D eigenvalue weighted by atomic mass is 16.5. The zero-order valence-electron chi connectivity index (χ0n) is 8.77. The average molecular weight is 187 g/mol. The summed E-state index contributed by atoms with van der Waals surface area (Å²) < 4.78 is 10.3. The van der Waals surface area contributed by atoms with E-state index in [9.17, 15) is 0 Å². The Bertz CT molecular complexity index is 126. The van der Waals surface area contributed by atoms with Gasteiger partial charge in [0.15, 0.2) is 0 Å². The van der Waals surface area contributed by atoms with Gasteiger partial charge < -0.3 is 14.8 Å². The van der Waals surface area contributed by atoms with Gasteiger partial charge in [0.2, 0.25) is 0 Å². The van der Waals surface area contributed by atoms with Crippen molar-refractivity contribution in [3.63, 3.8) is 0 Å². The van der Waals surface area contributed by atoms with Crippen molar-refractivity contribution in [3.8, 4) is 0 Å². The maximum Gasteiger partial charge on any atom is 0.0686 e. The SMILES string of the molecule is C=C(CNCC)COCCCOC. The molecule has 0 aliphatic rings. The highest BCUT2D eigenvalue weighted by Crippen LogP contribution is 1.91. The van der Waals surface area contributed by atoms with Gasteiger partial charge in [-0.25, -0.2) is 0 Å². The molecule has 13 heavy (non-hydrogen) atoms. The molecule has 0 fully saturated rings. The average Bonchev–Trinajstić information content (AvgIpc) is 2.14. The lowest BCUT2D eigenvalue weighted by Crippen LogP contribution is -2.18. The predicted octanol–water partition coefficient (Wildman–Crippen LogP) is 1.21. The molecule has 0 spiro atoms. The molecule has 0 radical (unpaired) electrons. The van der Waals surface area contributed by atoms with Crippen molar-refractivity contribution in [3.05, 3.63) is 12.2 Å². The van der Waals surface area contributed by atoms with Crippen molar-refractivity contribution in [2.45, 2.75) is 13.3 Å². The molecule has 0 bridgehead atoms. The van der Waals surface area contributed by atoms with Gasteiger partial charge in [-0.05, 0) is 18.5 Å². The molecule has 0 heterocycles. The fourth-order valence-corrected chi connectivity index (χ4v) is 0.875. The Balaban J connectivity index is 3.08. The first-order chi connectivity index (χ1) is 6.31. The molecule has 0 rings (SSSR count). The molecule has 3 nitrogen and oxygen atoms in total. The molecule has 0 aromatic rings. The summed E-state index contributed by atoms with van der Waals surface area (Å²) >= 11 is 0. The zero-order chi connectivity index (χ0) is 9.94. The molecule has 0 amide bonds. The third-order valence-corrected chi connectivity index (χ3v) is 1.57. The second kappa shape index (κ2) is 9.71. The Morgan fingerprint density at radius 2 is 2.15 bits per heavy atom. The van der Waals surface area contributed by atoms with E-state index in [1.165, 1.54) is 0 Å². The Morgan fingerprint density at radius 1 is 1.38 bits per heavy atom. The van der Waals surface area contributed by atoms with Crippen molar-refractivity contribution < 1.29 is 9.47 Å². The molecule has 0 aromatic heterocycles. The van der Waals surface area contributed by atoms with E-state index in [0.29, 0.717) is 6.61 Å². The quantitative estimate of drug-likeness (QED) is 0.434. The van der Waals surface area contributed by atoms with Crippen molar-refractivity contribution in [1.82, 2.24) is 5.32 Å². The number of hydrogen-bond donors (Lipinski definition) is 1. The third kappa shape index (κ3) is 9.53. The van der Waals surface area contributed by atoms with Crippen LogP contribution in [0.3, 0.4) is 0 Å². The van der Waals surface area contributed by atoms with Crippen LogP contribution in [0.1, 0.15) is 13.3 Å². The summed E-state index contributed by atoms with van der Waals surface area (Å²) in [5.41, 5.74) is 1.10. The third-order valence-electron chi connectivity index (χ3n) is 1.57. The summed E-state index contributed by atoms with van der Waals surface area (Å²) in [6.45, 7) is 9.95. The molecule has 0 atom stereocenters. The number of hydrogen-bond acceptors (Lipinski definition) is 3. The number of likely N-dealkylation sites (N-methyl/N-ethyl adjacent to an activating group) is 1. The molecule has 78 valence electrons. The van der Waals surface area contributed by atoms with Crippen molar-refractivity contribution in [2.75, 3.05) is 40.0 Å². The van der Waals surface area contributed by atoms with E-state index in [1.807, 2.05) is 0 Å². The van der Waals surface area contributed by atoms with E-state index in [0.717, 1.165) is 38.3 Å². The largest absolute Gasteiger partial charge is 0.385 e. The van der Waals surface area contributed by atoms with E-state index >= 15 is 0 Å². The fraction of sp³-hybridized carbons (Fsp3) is 0.800. The van der Waals surface area contributed by atoms with E-state index in [1.54, 1.807) is 7.11 Å². The monoisotopic (exact) mass is 187 g/mol. The molecule has 0 aromatic carbocycles. The van der Waals surface area contributed by atoms with E-state index in [2.05, 4.69) is 18.8 Å². The lowest BCUT2D eigenvalue weighted by molar-refractivity contribution is 0.116. The van der Waals surface area contributed by atoms with Crippen molar-refractivity contribution in [1.29, 1.82) is 0 Å². The van der Waals surface area contributed by atoms with Crippen LogP contribution in [0.2, 0.25) is 0 Å². The first-order valence-corrected chi connectivity index (χ1v) is 4.75. The molecule has 0 saturated carbocycles. The number of ether oxygens (including phenoxy) is 2. The molecule has 1 N–H and O–H groups in total. The lowest BCUT2D eigenvalue weighted by atomic mass is 10.3. The Hall–Kier alpha value is -0.380. The fourth-order valence-electron chi connectivity index (χ4n) is 0.875. The summed E-state index contributed by atoms with van der Waals surface area (Å²) in [4.78, 5) is 0. The second-order valence-corrected chi connectivity index (χ2v) is 2.93. The van der Waals surface area contributed by atoms with Crippen LogP contribution < -0.4 is 5.32 Å². The maximum absolute atomic E-state index is 5.38. The zero-order valence-corrected chi connectivity index (χ0v) is 8.77. The van der Waals surface area contributed by atoms with Gasteiger partial charge in [-0.15, -0.1) is 0 Å². The number of rotatable bonds is 9. The molecule has 0 aliphatic heterocycles. The van der Waals surface area contributed by atoms with Crippen LogP contribution in [0.25, 0.3) is 0 Å². The predicted molar refractivity (Wildman–Crippen MR) is 55.0 cm³/mol.